The number of ether oxygens (including phenoxy) is 1. The van der Waals surface area contributed by atoms with E-state index in [1.54, 1.807) is 18.4 Å². The van der Waals surface area contributed by atoms with Crippen molar-refractivity contribution in [3.8, 4) is 0 Å². The number of methoxy groups -OCH3 is 1. The first-order chi connectivity index (χ1) is 8.30. The molecule has 0 amide bonds. The maximum Gasteiger partial charge on any atom is 0.161 e. The van der Waals surface area contributed by atoms with Crippen LogP contribution < -0.4 is 11.3 Å². The van der Waals surface area contributed by atoms with E-state index in [-0.39, 0.29) is 6.10 Å². The molecule has 0 aliphatic heterocycles. The molecular formula is C11H16N4OS. The van der Waals surface area contributed by atoms with E-state index in [0.717, 1.165) is 23.1 Å². The second-order valence-electron chi connectivity index (χ2n) is 3.73. The van der Waals surface area contributed by atoms with E-state index in [9.17, 15) is 0 Å². The fourth-order valence-electron chi connectivity index (χ4n) is 1.74. The number of nitrogen functional groups attached to an aromatic ring is 1. The zero-order valence-electron chi connectivity index (χ0n) is 9.93. The second kappa shape index (κ2) is 5.39. The minimum atomic E-state index is -0.0707. The number of anilines is 1. The first-order valence-corrected chi connectivity index (χ1v) is 6.42. The molecule has 2 rings (SSSR count). The summed E-state index contributed by atoms with van der Waals surface area (Å²) in [4.78, 5) is 9.87. The van der Waals surface area contributed by atoms with Crippen molar-refractivity contribution in [1.82, 2.24) is 9.97 Å². The Balaban J connectivity index is 2.46. The van der Waals surface area contributed by atoms with Gasteiger partial charge in [-0.2, -0.15) is 0 Å². The highest BCUT2D eigenvalue weighted by molar-refractivity contribution is 7.16. The molecule has 1 unspecified atom stereocenters. The lowest BCUT2D eigenvalue weighted by atomic mass is 10.2. The van der Waals surface area contributed by atoms with Crippen molar-refractivity contribution in [1.29, 1.82) is 0 Å². The third-order valence-corrected chi connectivity index (χ3v) is 3.41. The van der Waals surface area contributed by atoms with Gasteiger partial charge in [-0.05, 0) is 17.9 Å². The van der Waals surface area contributed by atoms with Gasteiger partial charge in [-0.1, -0.05) is 13.3 Å². The van der Waals surface area contributed by atoms with Gasteiger partial charge < -0.3 is 10.2 Å². The molecule has 6 heteroatoms. The van der Waals surface area contributed by atoms with Gasteiger partial charge in [0.1, 0.15) is 10.9 Å². The smallest absolute Gasteiger partial charge is 0.161 e. The number of nitrogens with zero attached hydrogens (tertiary/aromatic N) is 2. The standard InChI is InChI=1S/C11H16N4OS/c1-3-4-8(16-2)10-13-9(15-12)7-5-6-17-11(7)14-10/h5-6,8H,3-4,12H2,1-2H3,(H,13,14,15). The molecule has 0 saturated carbocycles. The van der Waals surface area contributed by atoms with E-state index in [1.807, 2.05) is 11.4 Å². The van der Waals surface area contributed by atoms with Crippen LogP contribution in [0.25, 0.3) is 10.2 Å². The van der Waals surface area contributed by atoms with Gasteiger partial charge in [-0.3, -0.25) is 0 Å². The Labute approximate surface area is 104 Å². The number of nitrogens with one attached hydrogen (secondary N) is 1. The molecule has 0 aliphatic carbocycles. The van der Waals surface area contributed by atoms with Crippen molar-refractivity contribution < 1.29 is 4.74 Å². The van der Waals surface area contributed by atoms with Crippen molar-refractivity contribution in [3.05, 3.63) is 17.3 Å². The maximum absolute atomic E-state index is 5.48. The summed E-state index contributed by atoms with van der Waals surface area (Å²) in [5.74, 6) is 6.83. The summed E-state index contributed by atoms with van der Waals surface area (Å²) in [6.07, 6.45) is 1.85. The lowest BCUT2D eigenvalue weighted by Crippen LogP contribution is -2.13. The Morgan fingerprint density at radius 3 is 3.00 bits per heavy atom. The quantitative estimate of drug-likeness (QED) is 0.631. The fraction of sp³-hybridized carbons (Fsp3) is 0.455. The number of rotatable bonds is 5. The topological polar surface area (TPSA) is 73.1 Å². The van der Waals surface area contributed by atoms with Crippen molar-refractivity contribution in [2.45, 2.75) is 25.9 Å². The molecule has 2 aromatic heterocycles. The average molecular weight is 252 g/mol. The SMILES string of the molecule is CCCC(OC)c1nc(NN)c2ccsc2n1. The van der Waals surface area contributed by atoms with E-state index in [2.05, 4.69) is 22.3 Å². The predicted molar refractivity (Wildman–Crippen MR) is 69.9 cm³/mol. The summed E-state index contributed by atoms with van der Waals surface area (Å²) >= 11 is 1.57. The summed E-state index contributed by atoms with van der Waals surface area (Å²) in [7, 11) is 1.68. The largest absolute Gasteiger partial charge is 0.373 e. The summed E-state index contributed by atoms with van der Waals surface area (Å²) in [6, 6.07) is 1.96. The lowest BCUT2D eigenvalue weighted by Gasteiger charge is -2.14. The van der Waals surface area contributed by atoms with Gasteiger partial charge in [-0.15, -0.1) is 11.3 Å². The van der Waals surface area contributed by atoms with Gasteiger partial charge in [0.2, 0.25) is 0 Å². The van der Waals surface area contributed by atoms with Crippen LogP contribution in [-0.4, -0.2) is 17.1 Å². The lowest BCUT2D eigenvalue weighted by molar-refractivity contribution is 0.0881. The predicted octanol–water partition coefficient (Wildman–Crippen LogP) is 2.46. The molecule has 0 radical (unpaired) electrons. The van der Waals surface area contributed by atoms with Crippen LogP contribution in [0.1, 0.15) is 31.7 Å². The molecule has 0 aromatic carbocycles. The van der Waals surface area contributed by atoms with Gasteiger partial charge >= 0.3 is 0 Å². The van der Waals surface area contributed by atoms with E-state index in [0.29, 0.717) is 11.6 Å². The maximum atomic E-state index is 5.48. The molecule has 0 spiro atoms. The third-order valence-electron chi connectivity index (χ3n) is 2.60. The molecule has 3 N–H and O–H groups in total. The zero-order chi connectivity index (χ0) is 12.3. The summed E-state index contributed by atoms with van der Waals surface area (Å²) in [5, 5.41) is 2.93. The van der Waals surface area contributed by atoms with Gasteiger partial charge in [0, 0.05) is 7.11 Å². The van der Waals surface area contributed by atoms with Crippen LogP contribution in [0.2, 0.25) is 0 Å². The molecule has 2 heterocycles. The second-order valence-corrected chi connectivity index (χ2v) is 4.62. The van der Waals surface area contributed by atoms with Crippen LogP contribution in [0.5, 0.6) is 0 Å². The van der Waals surface area contributed by atoms with Gasteiger partial charge in [-0.25, -0.2) is 15.8 Å². The minimum absolute atomic E-state index is 0.0707. The first kappa shape index (κ1) is 12.2. The molecule has 0 aliphatic rings. The summed E-state index contributed by atoms with van der Waals surface area (Å²) < 4.78 is 5.41. The van der Waals surface area contributed by atoms with Crippen molar-refractivity contribution in [3.63, 3.8) is 0 Å². The Bertz CT molecular complexity index is 499. The molecule has 2 aromatic rings. The Morgan fingerprint density at radius 2 is 2.35 bits per heavy atom. The van der Waals surface area contributed by atoms with Crippen LogP contribution >= 0.6 is 11.3 Å². The van der Waals surface area contributed by atoms with E-state index in [4.69, 9.17) is 10.6 Å². The van der Waals surface area contributed by atoms with Crippen molar-refractivity contribution in [2.75, 3.05) is 12.5 Å². The van der Waals surface area contributed by atoms with Gasteiger partial charge in [0.15, 0.2) is 11.6 Å². The number of hydrazine groups is 1. The number of aromatic nitrogens is 2. The number of hydrogen-bond donors (Lipinski definition) is 2. The highest BCUT2D eigenvalue weighted by Gasteiger charge is 2.16. The Kier molecular flexibility index (Phi) is 3.88. The van der Waals surface area contributed by atoms with Crippen LogP contribution in [-0.2, 0) is 4.74 Å². The highest BCUT2D eigenvalue weighted by atomic mass is 32.1. The zero-order valence-corrected chi connectivity index (χ0v) is 10.8. The molecule has 17 heavy (non-hydrogen) atoms. The normalized spacial score (nSPS) is 12.9. The molecule has 0 fully saturated rings. The number of fused-ring (bicyclic) bond motifs is 1. The minimum Gasteiger partial charge on any atom is -0.373 e. The first-order valence-electron chi connectivity index (χ1n) is 5.54. The molecule has 1 atom stereocenters. The van der Waals surface area contributed by atoms with E-state index in [1.165, 1.54) is 0 Å². The molecule has 92 valence electrons. The van der Waals surface area contributed by atoms with Crippen molar-refractivity contribution in [2.24, 2.45) is 5.84 Å². The number of nitrogens with two attached hydrogens (primary N) is 1. The van der Waals surface area contributed by atoms with Crippen LogP contribution in [0.15, 0.2) is 11.4 Å². The van der Waals surface area contributed by atoms with Crippen LogP contribution in [0.4, 0.5) is 5.82 Å². The van der Waals surface area contributed by atoms with Crippen LogP contribution in [0.3, 0.4) is 0 Å². The van der Waals surface area contributed by atoms with Gasteiger partial charge in [0.25, 0.3) is 0 Å². The van der Waals surface area contributed by atoms with Gasteiger partial charge in [0.05, 0.1) is 5.39 Å². The highest BCUT2D eigenvalue weighted by Crippen LogP contribution is 2.28. The molecule has 5 nitrogen and oxygen atoms in total. The van der Waals surface area contributed by atoms with Crippen molar-refractivity contribution >= 4 is 27.4 Å². The third kappa shape index (κ3) is 2.38. The monoisotopic (exact) mass is 252 g/mol. The summed E-state index contributed by atoms with van der Waals surface area (Å²) in [6.45, 7) is 2.11. The molecule has 0 bridgehead atoms. The molecular weight excluding hydrogens is 236 g/mol. The fourth-order valence-corrected chi connectivity index (χ4v) is 2.51. The van der Waals surface area contributed by atoms with E-state index < -0.39 is 0 Å². The average Bonchev–Trinajstić information content (AvgIpc) is 2.82. The summed E-state index contributed by atoms with van der Waals surface area (Å²) in [5.41, 5.74) is 2.62. The number of thiophene rings is 1. The Hall–Kier alpha value is -1.24. The van der Waals surface area contributed by atoms with Crippen LogP contribution in [0, 0.1) is 0 Å². The van der Waals surface area contributed by atoms with E-state index >= 15 is 0 Å². The Morgan fingerprint density at radius 1 is 1.53 bits per heavy atom. The molecule has 0 saturated heterocycles. The number of hydrogen-bond acceptors (Lipinski definition) is 6.